The minimum absolute atomic E-state index is 0.232. The second-order valence-electron chi connectivity index (χ2n) is 5.67. The molecule has 132 valence electrons. The van der Waals surface area contributed by atoms with Gasteiger partial charge in [-0.3, -0.25) is 10.1 Å². The van der Waals surface area contributed by atoms with E-state index >= 15 is 0 Å². The lowest BCUT2D eigenvalue weighted by Gasteiger charge is -2.00. The lowest BCUT2D eigenvalue weighted by atomic mass is 10.2. The van der Waals surface area contributed by atoms with Crippen LogP contribution in [0.5, 0.6) is 11.5 Å². The van der Waals surface area contributed by atoms with E-state index in [1.54, 1.807) is 7.11 Å². The van der Waals surface area contributed by atoms with E-state index in [0.717, 1.165) is 32.6 Å². The van der Waals surface area contributed by atoms with Gasteiger partial charge in [-0.15, -0.1) is 0 Å². The van der Waals surface area contributed by atoms with Crippen molar-refractivity contribution in [2.75, 3.05) is 19.0 Å². The average molecular weight is 367 g/mol. The highest BCUT2D eigenvalue weighted by atomic mass is 32.1. The Kier molecular flexibility index (Phi) is 4.22. The number of benzene rings is 2. The first-order chi connectivity index (χ1) is 12.7. The van der Waals surface area contributed by atoms with Crippen molar-refractivity contribution < 1.29 is 14.3 Å². The quantitative estimate of drug-likeness (QED) is 0.547. The average Bonchev–Trinajstić information content (AvgIpc) is 3.24. The number of amides is 1. The van der Waals surface area contributed by atoms with Crippen molar-refractivity contribution in [3.05, 3.63) is 48.2 Å². The molecule has 7 heteroatoms. The lowest BCUT2D eigenvalue weighted by Crippen LogP contribution is -2.11. The highest BCUT2D eigenvalue weighted by Crippen LogP contribution is 2.30. The van der Waals surface area contributed by atoms with E-state index in [1.807, 2.05) is 49.4 Å². The number of H-pyrrole nitrogens is 1. The van der Waals surface area contributed by atoms with Gasteiger partial charge in [0.25, 0.3) is 5.91 Å². The maximum absolute atomic E-state index is 12.6. The molecule has 0 unspecified atom stereocenters. The minimum Gasteiger partial charge on any atom is -0.497 e. The first-order valence-corrected chi connectivity index (χ1v) is 8.99. The summed E-state index contributed by atoms with van der Waals surface area (Å²) in [6.45, 7) is 2.55. The Morgan fingerprint density at radius 3 is 2.85 bits per heavy atom. The number of ether oxygens (including phenoxy) is 2. The fourth-order valence-corrected chi connectivity index (χ4v) is 3.62. The second-order valence-corrected chi connectivity index (χ2v) is 6.70. The van der Waals surface area contributed by atoms with Crippen LogP contribution in [-0.2, 0) is 0 Å². The number of hydrogen-bond acceptors (Lipinski definition) is 5. The number of aromatic amines is 1. The number of anilines is 1. The Balaban J connectivity index is 1.58. The molecule has 2 aromatic carbocycles. The van der Waals surface area contributed by atoms with Gasteiger partial charge in [0.05, 0.1) is 23.9 Å². The summed E-state index contributed by atoms with van der Waals surface area (Å²) in [5.74, 6) is 1.30. The molecule has 1 amide bonds. The number of fused-ring (bicyclic) bond motifs is 2. The molecule has 4 rings (SSSR count). The summed E-state index contributed by atoms with van der Waals surface area (Å²) >= 11 is 1.42. The SMILES string of the molecule is CCOc1ccc2nc(NC(=O)c3cc4ccc(OC)cc4[nH]3)sc2c1. The van der Waals surface area contributed by atoms with Crippen LogP contribution in [0.4, 0.5) is 5.13 Å². The van der Waals surface area contributed by atoms with Gasteiger partial charge in [0.2, 0.25) is 0 Å². The minimum atomic E-state index is -0.232. The van der Waals surface area contributed by atoms with Gasteiger partial charge in [-0.2, -0.15) is 0 Å². The van der Waals surface area contributed by atoms with Gasteiger partial charge < -0.3 is 14.5 Å². The molecule has 2 aromatic heterocycles. The van der Waals surface area contributed by atoms with Crippen molar-refractivity contribution in [1.29, 1.82) is 0 Å². The molecule has 0 fully saturated rings. The van der Waals surface area contributed by atoms with Crippen LogP contribution in [0.25, 0.3) is 21.1 Å². The molecule has 0 saturated heterocycles. The summed E-state index contributed by atoms with van der Waals surface area (Å²) < 4.78 is 11.7. The predicted octanol–water partition coefficient (Wildman–Crippen LogP) is 4.44. The maximum atomic E-state index is 12.6. The van der Waals surface area contributed by atoms with Crippen LogP contribution in [0.15, 0.2) is 42.5 Å². The monoisotopic (exact) mass is 367 g/mol. The molecule has 0 atom stereocenters. The van der Waals surface area contributed by atoms with E-state index in [1.165, 1.54) is 11.3 Å². The van der Waals surface area contributed by atoms with Crippen molar-refractivity contribution in [3.8, 4) is 11.5 Å². The first kappa shape index (κ1) is 16.4. The number of nitrogens with zero attached hydrogens (tertiary/aromatic N) is 1. The molecule has 0 saturated carbocycles. The van der Waals surface area contributed by atoms with Crippen molar-refractivity contribution in [1.82, 2.24) is 9.97 Å². The summed E-state index contributed by atoms with van der Waals surface area (Å²) in [5.41, 5.74) is 2.15. The molecule has 0 spiro atoms. The van der Waals surface area contributed by atoms with Crippen LogP contribution >= 0.6 is 11.3 Å². The van der Waals surface area contributed by atoms with E-state index < -0.39 is 0 Å². The standard InChI is InChI=1S/C19H17N3O3S/c1-3-25-13-6-7-14-17(10-13)26-19(21-14)22-18(23)16-8-11-4-5-12(24-2)9-15(11)20-16/h4-10,20H,3H2,1-2H3,(H,21,22,23). The topological polar surface area (TPSA) is 76.2 Å². The number of thiazole rings is 1. The molecule has 6 nitrogen and oxygen atoms in total. The number of carbonyl (C=O) groups excluding carboxylic acids is 1. The zero-order valence-electron chi connectivity index (χ0n) is 14.3. The van der Waals surface area contributed by atoms with Crippen molar-refractivity contribution >= 4 is 43.5 Å². The van der Waals surface area contributed by atoms with Gasteiger partial charge in [0, 0.05) is 17.0 Å². The van der Waals surface area contributed by atoms with Crippen molar-refractivity contribution in [3.63, 3.8) is 0 Å². The number of methoxy groups -OCH3 is 1. The third-order valence-corrected chi connectivity index (χ3v) is 4.90. The van der Waals surface area contributed by atoms with Gasteiger partial charge in [0.15, 0.2) is 5.13 Å². The highest BCUT2D eigenvalue weighted by Gasteiger charge is 2.13. The molecular formula is C19H17N3O3S. The second kappa shape index (κ2) is 6.68. The fraction of sp³-hybridized carbons (Fsp3) is 0.158. The Hall–Kier alpha value is -3.06. The van der Waals surface area contributed by atoms with Gasteiger partial charge in [-0.1, -0.05) is 11.3 Å². The summed E-state index contributed by atoms with van der Waals surface area (Å²) in [7, 11) is 1.61. The zero-order valence-corrected chi connectivity index (χ0v) is 15.1. The molecule has 0 radical (unpaired) electrons. The summed E-state index contributed by atoms with van der Waals surface area (Å²) in [4.78, 5) is 20.1. The maximum Gasteiger partial charge on any atom is 0.273 e. The van der Waals surface area contributed by atoms with Crippen LogP contribution in [0, 0.1) is 0 Å². The molecule has 2 heterocycles. The van der Waals surface area contributed by atoms with E-state index in [9.17, 15) is 4.79 Å². The molecule has 0 bridgehead atoms. The van der Waals surface area contributed by atoms with Crippen LogP contribution in [0.3, 0.4) is 0 Å². The van der Waals surface area contributed by atoms with Crippen LogP contribution in [0.1, 0.15) is 17.4 Å². The lowest BCUT2D eigenvalue weighted by molar-refractivity contribution is 0.102. The molecule has 0 aliphatic carbocycles. The smallest absolute Gasteiger partial charge is 0.273 e. The van der Waals surface area contributed by atoms with Crippen LogP contribution < -0.4 is 14.8 Å². The third-order valence-electron chi connectivity index (χ3n) is 3.97. The van der Waals surface area contributed by atoms with Gasteiger partial charge in [-0.05, 0) is 43.3 Å². The van der Waals surface area contributed by atoms with E-state index in [4.69, 9.17) is 9.47 Å². The van der Waals surface area contributed by atoms with Crippen LogP contribution in [0.2, 0.25) is 0 Å². The molecule has 0 aliphatic heterocycles. The van der Waals surface area contributed by atoms with E-state index in [2.05, 4.69) is 15.3 Å². The number of carbonyl (C=O) groups is 1. The van der Waals surface area contributed by atoms with E-state index in [0.29, 0.717) is 17.4 Å². The third kappa shape index (κ3) is 3.09. The Morgan fingerprint density at radius 1 is 1.19 bits per heavy atom. The molecule has 4 aromatic rings. The Morgan fingerprint density at radius 2 is 2.04 bits per heavy atom. The molecular weight excluding hydrogens is 350 g/mol. The summed E-state index contributed by atoms with van der Waals surface area (Å²) in [6.07, 6.45) is 0. The number of aromatic nitrogens is 2. The van der Waals surface area contributed by atoms with E-state index in [-0.39, 0.29) is 5.91 Å². The van der Waals surface area contributed by atoms with Crippen molar-refractivity contribution in [2.24, 2.45) is 0 Å². The van der Waals surface area contributed by atoms with Crippen molar-refractivity contribution in [2.45, 2.75) is 6.92 Å². The Bertz CT molecular complexity index is 1100. The number of nitrogens with one attached hydrogen (secondary N) is 2. The number of hydrogen-bond donors (Lipinski definition) is 2. The molecule has 26 heavy (non-hydrogen) atoms. The van der Waals surface area contributed by atoms with Crippen LogP contribution in [-0.4, -0.2) is 29.6 Å². The highest BCUT2D eigenvalue weighted by molar-refractivity contribution is 7.22. The zero-order chi connectivity index (χ0) is 18.1. The largest absolute Gasteiger partial charge is 0.497 e. The molecule has 2 N–H and O–H groups in total. The number of rotatable bonds is 5. The fourth-order valence-electron chi connectivity index (χ4n) is 2.73. The predicted molar refractivity (Wildman–Crippen MR) is 104 cm³/mol. The molecule has 0 aliphatic rings. The Labute approximate surface area is 153 Å². The van der Waals surface area contributed by atoms with Gasteiger partial charge in [-0.25, -0.2) is 4.98 Å². The first-order valence-electron chi connectivity index (χ1n) is 8.18. The van der Waals surface area contributed by atoms with Gasteiger partial charge in [0.1, 0.15) is 17.2 Å². The summed E-state index contributed by atoms with van der Waals surface area (Å²) in [5, 5.41) is 4.35. The van der Waals surface area contributed by atoms with Gasteiger partial charge >= 0.3 is 0 Å². The summed E-state index contributed by atoms with van der Waals surface area (Å²) in [6, 6.07) is 13.1. The normalized spacial score (nSPS) is 11.0.